The van der Waals surface area contributed by atoms with Gasteiger partial charge in [0.05, 0.1) is 55.9 Å². The highest BCUT2D eigenvalue weighted by Gasteiger charge is 2.26. The van der Waals surface area contributed by atoms with E-state index in [1.165, 1.54) is 115 Å². The van der Waals surface area contributed by atoms with E-state index in [0.29, 0.717) is 23.3 Å². The monoisotopic (exact) mass is 1730 g/mol. The van der Waals surface area contributed by atoms with Crippen molar-refractivity contribution in [3.8, 4) is 141 Å². The Kier molecular flexibility index (Phi) is 17.4. The number of hydrogen-bond donors (Lipinski definition) is 0. The molecule has 0 aliphatic heterocycles. The molecule has 0 saturated carbocycles. The third kappa shape index (κ3) is 12.3. The highest BCUT2D eigenvalue weighted by molar-refractivity contribution is 7.27. The van der Waals surface area contributed by atoms with Crippen LogP contribution in [0.2, 0.25) is 0 Å². The summed E-state index contributed by atoms with van der Waals surface area (Å²) in [5, 5.41) is 15.1. The molecule has 9 nitrogen and oxygen atoms in total. The molecule has 0 aliphatic rings. The summed E-state index contributed by atoms with van der Waals surface area (Å²) < 4.78 is 14.9. The zero-order valence-electron chi connectivity index (χ0n) is 70.7. The molecule has 0 saturated heterocycles. The van der Waals surface area contributed by atoms with E-state index in [0.717, 1.165) is 129 Å². The minimum Gasteiger partial charge on any atom is -0.309 e. The molecule has 9 aromatic heterocycles. The van der Waals surface area contributed by atoms with Gasteiger partial charge in [0.15, 0.2) is 23.3 Å². The van der Waals surface area contributed by atoms with E-state index >= 15 is 0 Å². The Bertz CT molecular complexity index is 9290. The van der Waals surface area contributed by atoms with Crippen LogP contribution in [0.25, 0.3) is 267 Å². The first kappa shape index (κ1) is 75.4. The van der Waals surface area contributed by atoms with E-state index in [1.54, 1.807) is 0 Å². The van der Waals surface area contributed by atoms with Crippen LogP contribution in [0.5, 0.6) is 0 Å². The number of rotatable bonds is 14. The molecule has 0 spiro atoms. The Hall–Kier alpha value is -16.7. The van der Waals surface area contributed by atoms with Gasteiger partial charge in [-0.25, -0.2) is 29.9 Å². The third-order valence-electron chi connectivity index (χ3n) is 26.4. The molecule has 0 fully saturated rings. The largest absolute Gasteiger partial charge is 0.309 e. The maximum absolute atomic E-state index is 5.46. The SMILES string of the molecule is c1ccc(-c2cc(-c3ccc(-n4c5ccccc5c5c6c(ccc54)sc4ccccc46)cc3)cc(-c3ccc(-c4cccc5sc6ccc7c(c8ccccc8n7-c7ccc(-c8nc(-c9ccccc9)cc(-c9ccc(-c%10cccc%11sc%12ccc%13c(c%14ccccc%14n%13-c%13ccc(-c%14nc(-c%15ccccc%15)nc(-c%15ccccc%15)n%14)cc%13)c%12c%10%11)cc9)n8)cc7)c6c45)cc3)n2)cc1. The van der Waals surface area contributed by atoms with E-state index in [4.69, 9.17) is 29.9 Å². The normalized spacial score (nSPS) is 11.9. The molecule has 0 bridgehead atoms. The first-order chi connectivity index (χ1) is 65.4. The number of pyridine rings is 1. The van der Waals surface area contributed by atoms with Gasteiger partial charge in [-0.2, -0.15) is 0 Å². The molecule has 12 heteroatoms. The van der Waals surface area contributed by atoms with Gasteiger partial charge in [-0.15, -0.1) is 34.0 Å². The smallest absolute Gasteiger partial charge is 0.164 e. The summed E-state index contributed by atoms with van der Waals surface area (Å²) in [6.07, 6.45) is 0. The fraction of sp³-hybridized carbons (Fsp3) is 0. The van der Waals surface area contributed by atoms with E-state index in [-0.39, 0.29) is 0 Å². The van der Waals surface area contributed by atoms with E-state index in [1.807, 2.05) is 94.7 Å². The van der Waals surface area contributed by atoms with Crippen molar-refractivity contribution in [3.63, 3.8) is 0 Å². The van der Waals surface area contributed by atoms with Crippen LogP contribution in [-0.4, -0.2) is 43.6 Å². The lowest BCUT2D eigenvalue weighted by molar-refractivity contribution is 1.07. The molecule has 614 valence electrons. The van der Waals surface area contributed by atoms with Crippen molar-refractivity contribution >= 4 is 160 Å². The number of benzene rings is 18. The number of thiophene rings is 3. The molecule has 18 aromatic carbocycles. The summed E-state index contributed by atoms with van der Waals surface area (Å²) in [6.45, 7) is 0. The second kappa shape index (κ2) is 30.5. The summed E-state index contributed by atoms with van der Waals surface area (Å²) >= 11 is 5.58. The minimum atomic E-state index is 0.617. The fourth-order valence-corrected chi connectivity index (χ4v) is 23.7. The van der Waals surface area contributed by atoms with Gasteiger partial charge in [-0.3, -0.25) is 0 Å². The van der Waals surface area contributed by atoms with E-state index in [9.17, 15) is 0 Å². The van der Waals surface area contributed by atoms with Gasteiger partial charge in [0.25, 0.3) is 0 Å². The predicted octanol–water partition coefficient (Wildman–Crippen LogP) is 32.8. The highest BCUT2D eigenvalue weighted by atomic mass is 32.1. The average molecular weight is 1740 g/mol. The van der Waals surface area contributed by atoms with Gasteiger partial charge >= 0.3 is 0 Å². The summed E-state index contributed by atoms with van der Waals surface area (Å²) in [4.78, 5) is 31.3. The lowest BCUT2D eigenvalue weighted by atomic mass is 9.95. The average Bonchev–Trinajstić information content (AvgIpc) is 1.54. The highest BCUT2D eigenvalue weighted by Crippen LogP contribution is 2.51. The lowest BCUT2D eigenvalue weighted by Gasteiger charge is -2.13. The molecule has 27 aromatic rings. The summed E-state index contributed by atoms with van der Waals surface area (Å²) in [5.74, 6) is 2.53. The van der Waals surface area contributed by atoms with Crippen LogP contribution in [0.1, 0.15) is 0 Å². The minimum absolute atomic E-state index is 0.617. The lowest BCUT2D eigenvalue weighted by Crippen LogP contribution is -2.00. The van der Waals surface area contributed by atoms with Crippen molar-refractivity contribution in [1.82, 2.24) is 43.6 Å². The van der Waals surface area contributed by atoms with Crippen LogP contribution in [0.4, 0.5) is 0 Å². The van der Waals surface area contributed by atoms with Crippen LogP contribution in [-0.2, 0) is 0 Å². The van der Waals surface area contributed by atoms with Crippen LogP contribution in [0, 0.1) is 0 Å². The van der Waals surface area contributed by atoms with Gasteiger partial charge in [-0.05, 0) is 185 Å². The molecule has 0 unspecified atom stereocenters. The Labute approximate surface area is 769 Å². The van der Waals surface area contributed by atoms with Crippen molar-refractivity contribution in [2.45, 2.75) is 0 Å². The standard InChI is InChI=1S/C120H71N9S3/c1-5-23-75(24-6-1)93-69-83(72-51-57-84(58-52-72)127-97-37-17-13-31-89(97)109-100(127)63-66-106-114(109)92-34-16-20-40-103(92)130-106)70-94(121-93)77-47-43-73(44-48-77)87-35-21-41-104-112(87)115-107(131-104)67-64-101-110(115)90-32-14-18-38-98(90)128(101)85-59-53-81(54-60-85)117-122-95(76-25-7-2-8-26-76)71-96(123-117)78-49-45-74(46-50-78)88-36-22-42-105-113(88)116-108(132-105)68-65-102-111(116)91-33-15-19-39-99(91)129(102)86-61-55-82(56-62-86)120-125-118(79-27-9-3-10-28-79)124-119(126-120)80-29-11-4-12-30-80/h1-71H. The summed E-state index contributed by atoms with van der Waals surface area (Å²) in [6, 6.07) is 155. The van der Waals surface area contributed by atoms with Crippen LogP contribution in [0.15, 0.2) is 431 Å². The Morgan fingerprint density at radius 1 is 0.152 bits per heavy atom. The second-order valence-corrected chi connectivity index (χ2v) is 37.1. The van der Waals surface area contributed by atoms with Crippen molar-refractivity contribution in [2.75, 3.05) is 0 Å². The maximum atomic E-state index is 5.46. The van der Waals surface area contributed by atoms with Crippen molar-refractivity contribution in [1.29, 1.82) is 0 Å². The Balaban J connectivity index is 0.508. The van der Waals surface area contributed by atoms with Crippen molar-refractivity contribution in [2.24, 2.45) is 0 Å². The van der Waals surface area contributed by atoms with Gasteiger partial charge in [0, 0.05) is 154 Å². The number of fused-ring (bicyclic) bond motifs is 21. The molecule has 0 radical (unpaired) electrons. The molecule has 27 rings (SSSR count). The molecular weight excluding hydrogens is 1660 g/mol. The maximum Gasteiger partial charge on any atom is 0.164 e. The van der Waals surface area contributed by atoms with Crippen LogP contribution >= 0.6 is 34.0 Å². The number of hydrogen-bond acceptors (Lipinski definition) is 9. The topological polar surface area (TPSA) is 92.1 Å². The van der Waals surface area contributed by atoms with Crippen LogP contribution in [0.3, 0.4) is 0 Å². The van der Waals surface area contributed by atoms with Crippen LogP contribution < -0.4 is 0 Å². The quantitative estimate of drug-likeness (QED) is 0.108. The number of nitrogens with zero attached hydrogens (tertiary/aromatic N) is 9. The molecule has 0 aliphatic carbocycles. The second-order valence-electron chi connectivity index (χ2n) is 33.9. The molecule has 9 heterocycles. The van der Waals surface area contributed by atoms with E-state index < -0.39 is 0 Å². The van der Waals surface area contributed by atoms with Gasteiger partial charge in [0.2, 0.25) is 0 Å². The predicted molar refractivity (Wildman–Crippen MR) is 555 cm³/mol. The first-order valence-electron chi connectivity index (χ1n) is 44.4. The van der Waals surface area contributed by atoms with Gasteiger partial charge < -0.3 is 13.7 Å². The van der Waals surface area contributed by atoms with Crippen molar-refractivity contribution in [3.05, 3.63) is 431 Å². The zero-order valence-corrected chi connectivity index (χ0v) is 73.2. The molecule has 0 N–H and O–H groups in total. The first-order valence-corrected chi connectivity index (χ1v) is 46.9. The van der Waals surface area contributed by atoms with Crippen molar-refractivity contribution < 1.29 is 0 Å². The third-order valence-corrected chi connectivity index (χ3v) is 29.7. The molecular formula is C120H71N9S3. The summed E-state index contributed by atoms with van der Waals surface area (Å²) in [7, 11) is 0. The molecule has 0 amide bonds. The van der Waals surface area contributed by atoms with Gasteiger partial charge in [-0.1, -0.05) is 279 Å². The zero-order chi connectivity index (χ0) is 86.6. The fourth-order valence-electron chi connectivity index (χ4n) is 20.3. The number of para-hydroxylation sites is 3. The Morgan fingerprint density at radius 2 is 0.439 bits per heavy atom. The number of aromatic nitrogens is 9. The summed E-state index contributed by atoms with van der Waals surface area (Å²) in [5.41, 5.74) is 28.4. The van der Waals surface area contributed by atoms with Gasteiger partial charge in [0.1, 0.15) is 0 Å². The molecule has 132 heavy (non-hydrogen) atoms. The van der Waals surface area contributed by atoms with E-state index in [2.05, 4.69) is 384 Å². The molecule has 0 atom stereocenters. The Morgan fingerprint density at radius 3 is 0.856 bits per heavy atom.